The first-order chi connectivity index (χ1) is 18.4. The van der Waals surface area contributed by atoms with Gasteiger partial charge in [0, 0.05) is 17.7 Å². The highest BCUT2D eigenvalue weighted by atomic mass is 32.2. The van der Waals surface area contributed by atoms with E-state index in [-0.39, 0.29) is 17.9 Å². The molecule has 2 aromatic carbocycles. The van der Waals surface area contributed by atoms with Gasteiger partial charge in [0.15, 0.2) is 0 Å². The van der Waals surface area contributed by atoms with Crippen LogP contribution in [0.4, 0.5) is 5.82 Å². The minimum Gasteiger partial charge on any atom is -0.310 e. The molecule has 4 bridgehead atoms. The zero-order chi connectivity index (χ0) is 25.9. The molecule has 0 unspecified atom stereocenters. The van der Waals surface area contributed by atoms with Gasteiger partial charge in [-0.15, -0.1) is 0 Å². The summed E-state index contributed by atoms with van der Waals surface area (Å²) in [6, 6.07) is 16.7. The SMILES string of the molecule is O=C(Nc1ncnc2c1CCN(S(=O)(=O)c1ccccc1-c1ccccc1)C2)C12CC3CC(CC(C3)C1)C2. The number of nitrogens with zero attached hydrogens (tertiary/aromatic N) is 3. The number of fused-ring (bicyclic) bond motifs is 1. The summed E-state index contributed by atoms with van der Waals surface area (Å²) >= 11 is 0. The Kier molecular flexibility index (Phi) is 5.67. The molecule has 1 aromatic heterocycles. The molecule has 0 atom stereocenters. The predicted molar refractivity (Wildman–Crippen MR) is 144 cm³/mol. The Balaban J connectivity index is 1.14. The molecule has 8 rings (SSSR count). The normalized spacial score (nSPS) is 28.2. The molecule has 8 heteroatoms. The van der Waals surface area contributed by atoms with E-state index in [0.29, 0.717) is 52.7 Å². The summed E-state index contributed by atoms with van der Waals surface area (Å²) in [6.45, 7) is 0.468. The van der Waals surface area contributed by atoms with Crippen molar-refractivity contribution in [1.29, 1.82) is 0 Å². The van der Waals surface area contributed by atoms with Gasteiger partial charge in [-0.2, -0.15) is 4.31 Å². The molecule has 1 N–H and O–H groups in total. The van der Waals surface area contributed by atoms with Gasteiger partial charge < -0.3 is 5.32 Å². The summed E-state index contributed by atoms with van der Waals surface area (Å²) in [5.41, 5.74) is 2.80. The van der Waals surface area contributed by atoms with Gasteiger partial charge in [-0.05, 0) is 74.3 Å². The lowest BCUT2D eigenvalue weighted by atomic mass is 9.49. The first-order valence-electron chi connectivity index (χ1n) is 13.7. The molecule has 38 heavy (non-hydrogen) atoms. The molecule has 4 saturated carbocycles. The fraction of sp³-hybridized carbons (Fsp3) is 0.433. The van der Waals surface area contributed by atoms with Crippen molar-refractivity contribution in [1.82, 2.24) is 14.3 Å². The number of hydrogen-bond acceptors (Lipinski definition) is 5. The number of rotatable bonds is 5. The van der Waals surface area contributed by atoms with Crippen LogP contribution in [0.2, 0.25) is 0 Å². The van der Waals surface area contributed by atoms with Crippen molar-refractivity contribution < 1.29 is 13.2 Å². The first-order valence-corrected chi connectivity index (χ1v) is 15.1. The van der Waals surface area contributed by atoms with Gasteiger partial charge in [0.1, 0.15) is 12.1 Å². The van der Waals surface area contributed by atoms with Crippen LogP contribution in [-0.4, -0.2) is 35.1 Å². The van der Waals surface area contributed by atoms with Gasteiger partial charge in [0.2, 0.25) is 15.9 Å². The van der Waals surface area contributed by atoms with Crippen molar-refractivity contribution in [3.8, 4) is 11.1 Å². The maximum atomic E-state index is 13.8. The molecule has 4 aliphatic carbocycles. The topological polar surface area (TPSA) is 92.3 Å². The van der Waals surface area contributed by atoms with Crippen molar-refractivity contribution in [3.63, 3.8) is 0 Å². The second-order valence-corrected chi connectivity index (χ2v) is 13.7. The fourth-order valence-electron chi connectivity index (χ4n) is 7.96. The van der Waals surface area contributed by atoms with Crippen LogP contribution in [0.25, 0.3) is 11.1 Å². The largest absolute Gasteiger partial charge is 0.310 e. The highest BCUT2D eigenvalue weighted by molar-refractivity contribution is 7.89. The van der Waals surface area contributed by atoms with Crippen LogP contribution < -0.4 is 5.32 Å². The summed E-state index contributed by atoms with van der Waals surface area (Å²) in [6.07, 6.45) is 8.73. The van der Waals surface area contributed by atoms with E-state index < -0.39 is 10.0 Å². The molecule has 0 radical (unpaired) electrons. The minimum atomic E-state index is -3.76. The third-order valence-electron chi connectivity index (χ3n) is 9.31. The van der Waals surface area contributed by atoms with E-state index in [2.05, 4.69) is 15.3 Å². The van der Waals surface area contributed by atoms with Crippen molar-refractivity contribution in [2.24, 2.45) is 23.2 Å². The van der Waals surface area contributed by atoms with Gasteiger partial charge >= 0.3 is 0 Å². The number of nitrogens with one attached hydrogen (secondary N) is 1. The van der Waals surface area contributed by atoms with Crippen LogP contribution in [-0.2, 0) is 27.8 Å². The summed E-state index contributed by atoms with van der Waals surface area (Å²) in [5, 5.41) is 3.18. The van der Waals surface area contributed by atoms with E-state index in [4.69, 9.17) is 0 Å². The number of aromatic nitrogens is 2. The Morgan fingerprint density at radius 2 is 1.55 bits per heavy atom. The van der Waals surface area contributed by atoms with Crippen molar-refractivity contribution in [2.75, 3.05) is 11.9 Å². The number of amides is 1. The molecule has 0 spiro atoms. The molecule has 1 amide bonds. The lowest BCUT2D eigenvalue weighted by Gasteiger charge is -2.55. The van der Waals surface area contributed by atoms with Crippen LogP contribution in [0.3, 0.4) is 0 Å². The van der Waals surface area contributed by atoms with E-state index in [9.17, 15) is 13.2 Å². The van der Waals surface area contributed by atoms with Crippen molar-refractivity contribution in [3.05, 3.63) is 72.2 Å². The quantitative estimate of drug-likeness (QED) is 0.501. The smallest absolute Gasteiger partial charge is 0.244 e. The fourth-order valence-corrected chi connectivity index (χ4v) is 9.58. The molecular formula is C30H32N4O3S. The molecule has 2 heterocycles. The number of sulfonamides is 1. The highest BCUT2D eigenvalue weighted by Crippen LogP contribution is 2.60. The van der Waals surface area contributed by atoms with Crippen LogP contribution >= 0.6 is 0 Å². The maximum Gasteiger partial charge on any atom is 0.244 e. The number of anilines is 1. The Bertz CT molecular complexity index is 1470. The number of carbonyl (C=O) groups excluding carboxylic acids is 1. The highest BCUT2D eigenvalue weighted by Gasteiger charge is 2.54. The lowest BCUT2D eigenvalue weighted by molar-refractivity contribution is -0.140. The Hall–Kier alpha value is -3.10. The van der Waals surface area contributed by atoms with Gasteiger partial charge in [-0.25, -0.2) is 18.4 Å². The van der Waals surface area contributed by atoms with E-state index in [0.717, 1.165) is 30.4 Å². The van der Waals surface area contributed by atoms with Gasteiger partial charge in [-0.1, -0.05) is 48.5 Å². The third kappa shape index (κ3) is 3.96. The molecule has 4 fully saturated rings. The second kappa shape index (κ2) is 8.99. The van der Waals surface area contributed by atoms with Crippen LogP contribution in [0.15, 0.2) is 65.8 Å². The molecule has 5 aliphatic rings. The molecule has 3 aromatic rings. The molecular weight excluding hydrogens is 496 g/mol. The van der Waals surface area contributed by atoms with E-state index in [1.165, 1.54) is 29.9 Å². The Labute approximate surface area is 223 Å². The van der Waals surface area contributed by atoms with E-state index in [1.807, 2.05) is 42.5 Å². The molecule has 7 nitrogen and oxygen atoms in total. The average Bonchev–Trinajstić information content (AvgIpc) is 2.92. The van der Waals surface area contributed by atoms with Gasteiger partial charge in [-0.3, -0.25) is 4.79 Å². The molecule has 196 valence electrons. The lowest BCUT2D eigenvalue weighted by Crippen LogP contribution is -2.52. The number of benzene rings is 2. The van der Waals surface area contributed by atoms with Crippen molar-refractivity contribution in [2.45, 2.75) is 56.4 Å². The van der Waals surface area contributed by atoms with Crippen LogP contribution in [0.1, 0.15) is 49.8 Å². The molecule has 0 saturated heterocycles. The van der Waals surface area contributed by atoms with E-state index in [1.54, 1.807) is 12.1 Å². The monoisotopic (exact) mass is 528 g/mol. The number of hydrogen-bond donors (Lipinski definition) is 1. The zero-order valence-corrected chi connectivity index (χ0v) is 22.2. The van der Waals surface area contributed by atoms with Crippen molar-refractivity contribution >= 4 is 21.7 Å². The van der Waals surface area contributed by atoms with Crippen LogP contribution in [0.5, 0.6) is 0 Å². The predicted octanol–water partition coefficient (Wildman–Crippen LogP) is 5.05. The summed E-state index contributed by atoms with van der Waals surface area (Å²) < 4.78 is 29.1. The summed E-state index contributed by atoms with van der Waals surface area (Å²) in [4.78, 5) is 22.8. The Morgan fingerprint density at radius 3 is 2.26 bits per heavy atom. The zero-order valence-electron chi connectivity index (χ0n) is 21.3. The maximum absolute atomic E-state index is 13.8. The average molecular weight is 529 g/mol. The number of carbonyl (C=O) groups is 1. The standard InChI is InChI=1S/C30H32N4O3S/c35-29(30-15-20-12-21(16-30)14-22(13-20)17-30)33-28-25-10-11-34(18-26(25)31-19-32-28)38(36,37)27-9-5-4-8-24(27)23-6-2-1-3-7-23/h1-9,19-22H,10-18H2,(H,31,32,33,35). The summed E-state index contributed by atoms with van der Waals surface area (Å²) in [7, 11) is -3.76. The van der Waals surface area contributed by atoms with E-state index >= 15 is 0 Å². The van der Waals surface area contributed by atoms with Crippen LogP contribution in [0, 0.1) is 23.2 Å². The second-order valence-electron chi connectivity index (χ2n) is 11.8. The minimum absolute atomic E-state index is 0.101. The third-order valence-corrected chi connectivity index (χ3v) is 11.2. The van der Waals surface area contributed by atoms with Gasteiger partial charge in [0.25, 0.3) is 0 Å². The molecule has 1 aliphatic heterocycles. The summed E-state index contributed by atoms with van der Waals surface area (Å²) in [5.74, 6) is 2.71. The first kappa shape index (κ1) is 24.0. The Morgan fingerprint density at radius 1 is 0.895 bits per heavy atom. The van der Waals surface area contributed by atoms with Gasteiger partial charge in [0.05, 0.1) is 22.5 Å².